The van der Waals surface area contributed by atoms with Crippen LogP contribution in [-0.4, -0.2) is 51.0 Å². The zero-order chi connectivity index (χ0) is 13.1. The van der Waals surface area contributed by atoms with Gasteiger partial charge in [0.2, 0.25) is 5.91 Å². The molecule has 1 aromatic heterocycles. The van der Waals surface area contributed by atoms with Gasteiger partial charge in [0.25, 0.3) is 5.91 Å². The van der Waals surface area contributed by atoms with Crippen molar-refractivity contribution in [3.05, 3.63) is 12.2 Å². The van der Waals surface area contributed by atoms with Crippen molar-refractivity contribution in [2.75, 3.05) is 13.1 Å². The topological polar surface area (TPSA) is 120 Å². The molecular weight excluding hydrogens is 240 g/mol. The molecule has 0 bridgehead atoms. The van der Waals surface area contributed by atoms with E-state index in [1.807, 2.05) is 0 Å². The number of amides is 4. The van der Waals surface area contributed by atoms with E-state index in [4.69, 9.17) is 0 Å². The van der Waals surface area contributed by atoms with E-state index < -0.39 is 17.8 Å². The van der Waals surface area contributed by atoms with Crippen LogP contribution in [0.15, 0.2) is 6.33 Å². The minimum Gasteiger partial charge on any atom is -0.345 e. The quantitative estimate of drug-likeness (QED) is 0.565. The zero-order valence-electron chi connectivity index (χ0n) is 9.64. The smallest absolute Gasteiger partial charge is 0.325 e. The predicted molar refractivity (Wildman–Crippen MR) is 58.1 cm³/mol. The molecule has 9 nitrogen and oxygen atoms in total. The predicted octanol–water partition coefficient (Wildman–Crippen LogP) is -1.47. The number of aromatic amines is 1. The molecule has 0 aliphatic carbocycles. The summed E-state index contributed by atoms with van der Waals surface area (Å²) in [5.41, 5.74) is 0. The Morgan fingerprint density at radius 2 is 2.39 bits per heavy atom. The fourth-order valence-corrected chi connectivity index (χ4v) is 1.54. The SMILES string of the molecule is CC(NC(=O)CN1C(=O)CNC1=O)c1ncn[nH]1. The fourth-order valence-electron chi connectivity index (χ4n) is 1.54. The van der Waals surface area contributed by atoms with Crippen LogP contribution in [0.5, 0.6) is 0 Å². The highest BCUT2D eigenvalue weighted by atomic mass is 16.2. The summed E-state index contributed by atoms with van der Waals surface area (Å²) in [5, 5.41) is 11.2. The molecule has 1 aliphatic rings. The Bertz CT molecular complexity index is 455. The summed E-state index contributed by atoms with van der Waals surface area (Å²) in [6, 6.07) is -0.928. The molecule has 0 radical (unpaired) electrons. The summed E-state index contributed by atoms with van der Waals surface area (Å²) < 4.78 is 0. The van der Waals surface area contributed by atoms with E-state index in [0.29, 0.717) is 5.82 Å². The van der Waals surface area contributed by atoms with Gasteiger partial charge in [-0.3, -0.25) is 19.6 Å². The van der Waals surface area contributed by atoms with Crippen LogP contribution < -0.4 is 10.6 Å². The normalized spacial score (nSPS) is 16.6. The first-order valence-corrected chi connectivity index (χ1v) is 5.30. The Morgan fingerprint density at radius 3 is 2.94 bits per heavy atom. The Morgan fingerprint density at radius 1 is 1.61 bits per heavy atom. The zero-order valence-corrected chi connectivity index (χ0v) is 9.64. The van der Waals surface area contributed by atoms with Gasteiger partial charge in [0.1, 0.15) is 18.7 Å². The number of nitrogens with zero attached hydrogens (tertiary/aromatic N) is 3. The number of carbonyl (C=O) groups is 3. The number of carbonyl (C=O) groups excluding carboxylic acids is 3. The second kappa shape index (κ2) is 4.82. The maximum Gasteiger partial charge on any atom is 0.325 e. The van der Waals surface area contributed by atoms with E-state index in [9.17, 15) is 14.4 Å². The maximum absolute atomic E-state index is 11.6. The minimum absolute atomic E-state index is 0.0657. The number of hydrogen-bond donors (Lipinski definition) is 3. The number of rotatable bonds is 4. The molecular formula is C9H12N6O3. The van der Waals surface area contributed by atoms with E-state index in [1.165, 1.54) is 6.33 Å². The summed E-state index contributed by atoms with van der Waals surface area (Å²) in [5.74, 6) is -0.354. The number of H-pyrrole nitrogens is 1. The first-order chi connectivity index (χ1) is 8.58. The summed E-state index contributed by atoms with van der Waals surface area (Å²) >= 11 is 0. The molecule has 96 valence electrons. The van der Waals surface area contributed by atoms with Gasteiger partial charge in [0.05, 0.1) is 12.6 Å². The molecule has 0 saturated carbocycles. The van der Waals surface area contributed by atoms with Crippen molar-refractivity contribution in [2.24, 2.45) is 0 Å². The third-order valence-corrected chi connectivity index (χ3v) is 2.46. The summed E-state index contributed by atoms with van der Waals surface area (Å²) in [6.07, 6.45) is 1.33. The van der Waals surface area contributed by atoms with E-state index in [1.54, 1.807) is 6.92 Å². The van der Waals surface area contributed by atoms with Crippen LogP contribution in [0.1, 0.15) is 18.8 Å². The van der Waals surface area contributed by atoms with E-state index in [0.717, 1.165) is 4.90 Å². The van der Waals surface area contributed by atoms with Crippen LogP contribution in [-0.2, 0) is 9.59 Å². The first kappa shape index (κ1) is 12.0. The summed E-state index contributed by atoms with van der Waals surface area (Å²) in [7, 11) is 0. The van der Waals surface area contributed by atoms with Gasteiger partial charge in [-0.1, -0.05) is 0 Å². The Kier molecular flexibility index (Phi) is 3.22. The van der Waals surface area contributed by atoms with Crippen LogP contribution in [0, 0.1) is 0 Å². The lowest BCUT2D eigenvalue weighted by Crippen LogP contribution is -2.41. The van der Waals surface area contributed by atoms with Crippen LogP contribution in [0.4, 0.5) is 4.79 Å². The van der Waals surface area contributed by atoms with Crippen LogP contribution >= 0.6 is 0 Å². The van der Waals surface area contributed by atoms with Gasteiger partial charge in [-0.05, 0) is 6.92 Å². The van der Waals surface area contributed by atoms with Crippen molar-refractivity contribution in [2.45, 2.75) is 13.0 Å². The molecule has 2 rings (SSSR count). The molecule has 0 spiro atoms. The highest BCUT2D eigenvalue weighted by Gasteiger charge is 2.30. The highest BCUT2D eigenvalue weighted by molar-refractivity contribution is 6.04. The van der Waals surface area contributed by atoms with Crippen molar-refractivity contribution in [3.8, 4) is 0 Å². The van der Waals surface area contributed by atoms with Crippen molar-refractivity contribution in [1.29, 1.82) is 0 Å². The van der Waals surface area contributed by atoms with Gasteiger partial charge in [-0.25, -0.2) is 9.78 Å². The molecule has 1 aliphatic heterocycles. The number of hydrogen-bond acceptors (Lipinski definition) is 5. The van der Waals surface area contributed by atoms with E-state index in [2.05, 4.69) is 25.8 Å². The Labute approximate surface area is 102 Å². The molecule has 4 amide bonds. The molecule has 2 heterocycles. The monoisotopic (exact) mass is 252 g/mol. The highest BCUT2D eigenvalue weighted by Crippen LogP contribution is 2.04. The van der Waals surface area contributed by atoms with Crippen molar-refractivity contribution in [1.82, 2.24) is 30.7 Å². The number of aromatic nitrogens is 3. The second-order valence-corrected chi connectivity index (χ2v) is 3.80. The Balaban J connectivity index is 1.89. The lowest BCUT2D eigenvalue weighted by molar-refractivity contribution is -0.130. The molecule has 1 fully saturated rings. The van der Waals surface area contributed by atoms with Gasteiger partial charge < -0.3 is 10.6 Å². The second-order valence-electron chi connectivity index (χ2n) is 3.80. The van der Waals surface area contributed by atoms with Crippen LogP contribution in [0.2, 0.25) is 0 Å². The summed E-state index contributed by atoms with van der Waals surface area (Å²) in [4.78, 5) is 38.9. The van der Waals surface area contributed by atoms with Crippen LogP contribution in [0.25, 0.3) is 0 Å². The van der Waals surface area contributed by atoms with Gasteiger partial charge in [-0.2, -0.15) is 5.10 Å². The molecule has 3 N–H and O–H groups in total. The lowest BCUT2D eigenvalue weighted by Gasteiger charge is -2.15. The molecule has 18 heavy (non-hydrogen) atoms. The standard InChI is InChI=1S/C9H12N6O3/c1-5(8-11-4-12-14-8)13-6(16)3-15-7(17)2-10-9(15)18/h4-5H,2-3H2,1H3,(H,10,18)(H,13,16)(H,11,12,14). The first-order valence-electron chi connectivity index (χ1n) is 5.30. The fraction of sp³-hybridized carbons (Fsp3) is 0.444. The van der Waals surface area contributed by atoms with Gasteiger partial charge in [0, 0.05) is 0 Å². The summed E-state index contributed by atoms with van der Waals surface area (Å²) in [6.45, 7) is 1.34. The molecule has 9 heteroatoms. The average Bonchev–Trinajstić information content (AvgIpc) is 2.94. The third-order valence-electron chi connectivity index (χ3n) is 2.46. The number of imide groups is 1. The van der Waals surface area contributed by atoms with Crippen molar-refractivity contribution < 1.29 is 14.4 Å². The molecule has 0 aromatic carbocycles. The molecule has 1 aromatic rings. The van der Waals surface area contributed by atoms with Crippen molar-refractivity contribution in [3.63, 3.8) is 0 Å². The Hall–Kier alpha value is -2.45. The van der Waals surface area contributed by atoms with E-state index >= 15 is 0 Å². The number of urea groups is 1. The largest absolute Gasteiger partial charge is 0.345 e. The van der Waals surface area contributed by atoms with E-state index in [-0.39, 0.29) is 19.1 Å². The maximum atomic E-state index is 11.6. The molecule has 1 saturated heterocycles. The minimum atomic E-state index is -0.553. The van der Waals surface area contributed by atoms with Crippen molar-refractivity contribution >= 4 is 17.8 Å². The third kappa shape index (κ3) is 2.44. The molecule has 1 unspecified atom stereocenters. The number of nitrogens with one attached hydrogen (secondary N) is 3. The molecule has 1 atom stereocenters. The average molecular weight is 252 g/mol. The lowest BCUT2D eigenvalue weighted by atomic mass is 10.3. The van der Waals surface area contributed by atoms with Gasteiger partial charge in [-0.15, -0.1) is 0 Å². The van der Waals surface area contributed by atoms with Crippen LogP contribution in [0.3, 0.4) is 0 Å². The van der Waals surface area contributed by atoms with Gasteiger partial charge in [0.15, 0.2) is 0 Å². The van der Waals surface area contributed by atoms with Gasteiger partial charge >= 0.3 is 6.03 Å².